The topological polar surface area (TPSA) is 110 Å². The lowest BCUT2D eigenvalue weighted by atomic mass is 10.2. The summed E-state index contributed by atoms with van der Waals surface area (Å²) < 4.78 is 33.7. The average molecular weight is 487 g/mol. The molecule has 0 aliphatic carbocycles. The van der Waals surface area contributed by atoms with Gasteiger partial charge >= 0.3 is 0 Å². The molecule has 2 N–H and O–H groups in total. The number of nitrogens with one attached hydrogen (secondary N) is 2. The summed E-state index contributed by atoms with van der Waals surface area (Å²) in [6, 6.07) is 13.0. The molecule has 0 saturated carbocycles. The molecule has 0 radical (unpaired) electrons. The van der Waals surface area contributed by atoms with Gasteiger partial charge in [-0.2, -0.15) is 0 Å². The van der Waals surface area contributed by atoms with Gasteiger partial charge in [-0.15, -0.1) is 0 Å². The number of carbonyl (C=O) groups excluding carboxylic acids is 1. The standard InChI is InChI=1S/C23H23ClN4O4S/c24-19-10-11-20(23-18(19)8-5-13-26-23)32-15-22(29)27-16-6-4-7-17(14-16)33(30,31)28-21-9-2-1-3-12-25-21/h4-8,10-11,13-14H,1-3,9,12,15H2,(H,25,28)(H,27,29). The Morgan fingerprint density at radius 2 is 1.97 bits per heavy atom. The first-order valence-electron chi connectivity index (χ1n) is 10.5. The van der Waals surface area contributed by atoms with Crippen LogP contribution in [-0.2, 0) is 14.8 Å². The predicted molar refractivity (Wildman–Crippen MR) is 128 cm³/mol. The molecule has 3 aromatic rings. The Morgan fingerprint density at radius 1 is 1.09 bits per heavy atom. The molecular formula is C23H23ClN4O4S. The van der Waals surface area contributed by atoms with Gasteiger partial charge in [-0.25, -0.2) is 8.42 Å². The van der Waals surface area contributed by atoms with E-state index >= 15 is 0 Å². The fourth-order valence-corrected chi connectivity index (χ4v) is 4.83. The SMILES string of the molecule is O=C(COc1ccc(Cl)c2cccnc12)Nc1cccc(S(=O)(=O)NC2=NCCCCC2)c1. The molecule has 1 aliphatic rings. The Balaban J connectivity index is 1.42. The lowest BCUT2D eigenvalue weighted by molar-refractivity contribution is -0.118. The van der Waals surface area contributed by atoms with Gasteiger partial charge < -0.3 is 10.1 Å². The average Bonchev–Trinajstić information content (AvgIpc) is 3.07. The van der Waals surface area contributed by atoms with Crippen LogP contribution in [0, 0.1) is 0 Å². The van der Waals surface area contributed by atoms with Gasteiger partial charge in [0.1, 0.15) is 17.1 Å². The van der Waals surface area contributed by atoms with Gasteiger partial charge in [0.2, 0.25) is 0 Å². The first-order valence-corrected chi connectivity index (χ1v) is 12.4. The van der Waals surface area contributed by atoms with Gasteiger partial charge in [0.05, 0.1) is 9.92 Å². The van der Waals surface area contributed by atoms with Crippen LogP contribution in [0.2, 0.25) is 5.02 Å². The van der Waals surface area contributed by atoms with Crippen molar-refractivity contribution in [3.8, 4) is 5.75 Å². The van der Waals surface area contributed by atoms with Crippen molar-refractivity contribution in [2.45, 2.75) is 30.6 Å². The molecule has 0 saturated heterocycles. The van der Waals surface area contributed by atoms with Crippen molar-refractivity contribution in [1.82, 2.24) is 9.71 Å². The second-order valence-corrected chi connectivity index (χ2v) is 9.64. The van der Waals surface area contributed by atoms with E-state index in [2.05, 4.69) is 20.0 Å². The van der Waals surface area contributed by atoms with Crippen LogP contribution in [0.3, 0.4) is 0 Å². The van der Waals surface area contributed by atoms with Gasteiger partial charge in [0.15, 0.2) is 6.61 Å². The fraction of sp³-hybridized carbons (Fsp3) is 0.261. The van der Waals surface area contributed by atoms with E-state index in [0.29, 0.717) is 40.8 Å². The molecule has 33 heavy (non-hydrogen) atoms. The van der Waals surface area contributed by atoms with Gasteiger partial charge in [0, 0.05) is 30.2 Å². The molecular weight excluding hydrogens is 464 g/mol. The number of hydrogen-bond donors (Lipinski definition) is 2. The maximum Gasteiger partial charge on any atom is 0.262 e. The normalized spacial score (nSPS) is 14.3. The number of halogens is 1. The first kappa shape index (κ1) is 23.0. The van der Waals surface area contributed by atoms with Crippen LogP contribution in [0.4, 0.5) is 5.69 Å². The minimum atomic E-state index is -3.80. The molecule has 8 nitrogen and oxygen atoms in total. The maximum atomic E-state index is 12.8. The number of nitrogens with zero attached hydrogens (tertiary/aromatic N) is 2. The van der Waals surface area contributed by atoms with Crippen molar-refractivity contribution in [3.05, 3.63) is 59.8 Å². The minimum Gasteiger partial charge on any atom is -0.481 e. The number of hydrogen-bond acceptors (Lipinski definition) is 6. The second-order valence-electron chi connectivity index (χ2n) is 7.55. The molecule has 0 bridgehead atoms. The van der Waals surface area contributed by atoms with Crippen LogP contribution in [0.25, 0.3) is 10.9 Å². The molecule has 0 atom stereocenters. The number of aromatic nitrogens is 1. The zero-order valence-electron chi connectivity index (χ0n) is 17.8. The Bertz CT molecular complexity index is 1310. The van der Waals surface area contributed by atoms with Crippen LogP contribution >= 0.6 is 11.6 Å². The molecule has 1 aliphatic heterocycles. The first-order chi connectivity index (χ1) is 15.9. The number of benzene rings is 2. The highest BCUT2D eigenvalue weighted by molar-refractivity contribution is 7.90. The van der Waals surface area contributed by atoms with Crippen molar-refractivity contribution in [1.29, 1.82) is 0 Å². The van der Waals surface area contributed by atoms with E-state index in [4.69, 9.17) is 16.3 Å². The van der Waals surface area contributed by atoms with E-state index in [1.807, 2.05) is 6.07 Å². The second kappa shape index (κ2) is 10.2. The van der Waals surface area contributed by atoms with E-state index in [-0.39, 0.29) is 11.5 Å². The van der Waals surface area contributed by atoms with E-state index in [1.54, 1.807) is 36.5 Å². The minimum absolute atomic E-state index is 0.0426. The summed E-state index contributed by atoms with van der Waals surface area (Å²) in [5.74, 6) is 0.457. The highest BCUT2D eigenvalue weighted by Gasteiger charge is 2.18. The molecule has 1 amide bonds. The molecule has 2 aromatic carbocycles. The van der Waals surface area contributed by atoms with E-state index in [1.165, 1.54) is 12.1 Å². The summed E-state index contributed by atoms with van der Waals surface area (Å²) in [6.07, 6.45) is 5.10. The summed E-state index contributed by atoms with van der Waals surface area (Å²) in [7, 11) is -3.80. The predicted octanol–water partition coefficient (Wildman–Crippen LogP) is 4.16. The van der Waals surface area contributed by atoms with Crippen molar-refractivity contribution in [3.63, 3.8) is 0 Å². The maximum absolute atomic E-state index is 12.8. The number of rotatable bonds is 6. The Hall–Kier alpha value is -3.17. The third kappa shape index (κ3) is 5.80. The Morgan fingerprint density at radius 3 is 2.85 bits per heavy atom. The van der Waals surface area contributed by atoms with Crippen molar-refractivity contribution < 1.29 is 17.9 Å². The smallest absolute Gasteiger partial charge is 0.262 e. The largest absolute Gasteiger partial charge is 0.481 e. The van der Waals surface area contributed by atoms with Crippen LogP contribution in [0.5, 0.6) is 5.75 Å². The van der Waals surface area contributed by atoms with Crippen LogP contribution < -0.4 is 14.8 Å². The molecule has 4 rings (SSSR count). The van der Waals surface area contributed by atoms with Gasteiger partial charge in [0.25, 0.3) is 15.9 Å². The summed E-state index contributed by atoms with van der Waals surface area (Å²) in [5.41, 5.74) is 0.895. The number of pyridine rings is 1. The summed E-state index contributed by atoms with van der Waals surface area (Å²) in [4.78, 5) is 21.1. The van der Waals surface area contributed by atoms with Crippen LogP contribution in [-0.4, -0.2) is 38.3 Å². The number of sulfonamides is 1. The number of ether oxygens (including phenoxy) is 1. The zero-order chi connectivity index (χ0) is 23.3. The summed E-state index contributed by atoms with van der Waals surface area (Å²) in [6.45, 7) is 0.339. The quantitative estimate of drug-likeness (QED) is 0.543. The number of carbonyl (C=O) groups is 1. The Labute approximate surface area is 197 Å². The summed E-state index contributed by atoms with van der Waals surface area (Å²) in [5, 5.41) is 3.93. The van der Waals surface area contributed by atoms with Crippen LogP contribution in [0.1, 0.15) is 25.7 Å². The van der Waals surface area contributed by atoms with Gasteiger partial charge in [-0.1, -0.05) is 24.1 Å². The van der Waals surface area contributed by atoms with Crippen molar-refractivity contribution in [2.24, 2.45) is 4.99 Å². The lowest BCUT2D eigenvalue weighted by Gasteiger charge is -2.12. The number of anilines is 1. The number of fused-ring (bicyclic) bond motifs is 1. The van der Waals surface area contributed by atoms with Crippen molar-refractivity contribution >= 4 is 50.0 Å². The van der Waals surface area contributed by atoms with E-state index < -0.39 is 15.9 Å². The third-order valence-electron chi connectivity index (χ3n) is 5.09. The third-order valence-corrected chi connectivity index (χ3v) is 6.80. The number of amidine groups is 1. The molecule has 0 unspecified atom stereocenters. The highest BCUT2D eigenvalue weighted by Crippen LogP contribution is 2.29. The molecule has 2 heterocycles. The zero-order valence-corrected chi connectivity index (χ0v) is 19.3. The number of aliphatic imine (C=N–C) groups is 1. The molecule has 1 aromatic heterocycles. The molecule has 10 heteroatoms. The van der Waals surface area contributed by atoms with Gasteiger partial charge in [-0.05, 0) is 55.3 Å². The molecule has 172 valence electrons. The van der Waals surface area contributed by atoms with Crippen molar-refractivity contribution in [2.75, 3.05) is 18.5 Å². The fourth-order valence-electron chi connectivity index (χ4n) is 3.48. The highest BCUT2D eigenvalue weighted by atomic mass is 35.5. The molecule has 0 fully saturated rings. The van der Waals surface area contributed by atoms with E-state index in [0.717, 1.165) is 24.6 Å². The number of amides is 1. The van der Waals surface area contributed by atoms with Gasteiger partial charge in [-0.3, -0.25) is 19.5 Å². The van der Waals surface area contributed by atoms with E-state index in [9.17, 15) is 13.2 Å². The monoisotopic (exact) mass is 486 g/mol. The molecule has 0 spiro atoms. The summed E-state index contributed by atoms with van der Waals surface area (Å²) >= 11 is 6.18. The lowest BCUT2D eigenvalue weighted by Crippen LogP contribution is -2.30. The Kier molecular flexibility index (Phi) is 7.10. The van der Waals surface area contributed by atoms with Crippen LogP contribution in [0.15, 0.2) is 64.6 Å².